The normalized spacial score (nSPS) is 15.0. The third-order valence-electron chi connectivity index (χ3n) is 4.28. The Kier molecular flexibility index (Phi) is 4.54. The number of halogens is 2. The summed E-state index contributed by atoms with van der Waals surface area (Å²) in [5, 5.41) is 1.96. The summed E-state index contributed by atoms with van der Waals surface area (Å²) in [5.74, 6) is -0.0727. The fraction of sp³-hybridized carbons (Fsp3) is 0.222. The summed E-state index contributed by atoms with van der Waals surface area (Å²) in [6.45, 7) is 2.78. The molecule has 2 aromatic carbocycles. The van der Waals surface area contributed by atoms with Crippen LogP contribution in [0.25, 0.3) is 10.2 Å². The number of hydrogen-bond acceptors (Lipinski definition) is 4. The Hall–Kier alpha value is -1.82. The largest absolute Gasteiger partial charge is 0.345 e. The standard InChI is InChI=1S/C18H15Cl2N3OS/c19-12-5-6-14(20)13(11-12)17(24)22-7-9-23(10-8-22)18-21-15-3-1-2-4-16(15)25-18/h1-6,11H,7-10H2. The van der Waals surface area contributed by atoms with Crippen molar-refractivity contribution in [2.45, 2.75) is 0 Å². The Bertz CT molecular complexity index is 902. The second-order valence-electron chi connectivity index (χ2n) is 5.87. The molecule has 0 aliphatic carbocycles. The van der Waals surface area contributed by atoms with Gasteiger partial charge in [0, 0.05) is 31.2 Å². The van der Waals surface area contributed by atoms with Crippen LogP contribution < -0.4 is 4.90 Å². The lowest BCUT2D eigenvalue weighted by Crippen LogP contribution is -2.48. The van der Waals surface area contributed by atoms with Crippen molar-refractivity contribution in [1.29, 1.82) is 0 Å². The number of hydrogen-bond donors (Lipinski definition) is 0. The summed E-state index contributed by atoms with van der Waals surface area (Å²) in [6.07, 6.45) is 0. The summed E-state index contributed by atoms with van der Waals surface area (Å²) in [5.41, 5.74) is 1.48. The molecule has 0 spiro atoms. The van der Waals surface area contributed by atoms with Crippen LogP contribution in [0.1, 0.15) is 10.4 Å². The van der Waals surface area contributed by atoms with Gasteiger partial charge in [-0.25, -0.2) is 4.98 Å². The number of rotatable bonds is 2. The van der Waals surface area contributed by atoms with E-state index in [4.69, 9.17) is 28.2 Å². The first-order chi connectivity index (χ1) is 12.1. The number of aromatic nitrogens is 1. The van der Waals surface area contributed by atoms with Gasteiger partial charge in [0.25, 0.3) is 5.91 Å². The maximum Gasteiger partial charge on any atom is 0.255 e. The van der Waals surface area contributed by atoms with Crippen LogP contribution in [0, 0.1) is 0 Å². The number of fused-ring (bicyclic) bond motifs is 1. The predicted octanol–water partition coefficient (Wildman–Crippen LogP) is 4.57. The van der Waals surface area contributed by atoms with Gasteiger partial charge in [-0.3, -0.25) is 4.79 Å². The minimum Gasteiger partial charge on any atom is -0.345 e. The SMILES string of the molecule is O=C(c1cc(Cl)ccc1Cl)N1CCN(c2nc3ccccc3s2)CC1. The zero-order valence-electron chi connectivity index (χ0n) is 13.3. The van der Waals surface area contributed by atoms with Gasteiger partial charge in [-0.2, -0.15) is 0 Å². The number of para-hydroxylation sites is 1. The fourth-order valence-corrected chi connectivity index (χ4v) is 4.32. The number of benzene rings is 2. The van der Waals surface area contributed by atoms with Gasteiger partial charge < -0.3 is 9.80 Å². The van der Waals surface area contributed by atoms with E-state index in [9.17, 15) is 4.79 Å². The highest BCUT2D eigenvalue weighted by Gasteiger charge is 2.25. The highest BCUT2D eigenvalue weighted by Crippen LogP contribution is 2.29. The molecule has 1 saturated heterocycles. The summed E-state index contributed by atoms with van der Waals surface area (Å²) in [7, 11) is 0. The van der Waals surface area contributed by atoms with Gasteiger partial charge in [-0.15, -0.1) is 0 Å². The van der Waals surface area contributed by atoms with Crippen LogP contribution in [0.4, 0.5) is 5.13 Å². The summed E-state index contributed by atoms with van der Waals surface area (Å²) in [6, 6.07) is 13.1. The minimum absolute atomic E-state index is 0.0727. The van der Waals surface area contributed by atoms with Gasteiger partial charge >= 0.3 is 0 Å². The van der Waals surface area contributed by atoms with E-state index in [1.54, 1.807) is 29.5 Å². The number of nitrogens with zero attached hydrogens (tertiary/aromatic N) is 3. The van der Waals surface area contributed by atoms with Crippen LogP contribution in [0.3, 0.4) is 0 Å². The third kappa shape index (κ3) is 3.32. The van der Waals surface area contributed by atoms with Crippen LogP contribution in [-0.4, -0.2) is 42.0 Å². The molecule has 0 saturated carbocycles. The quantitative estimate of drug-likeness (QED) is 0.641. The topological polar surface area (TPSA) is 36.4 Å². The Labute approximate surface area is 159 Å². The molecule has 1 aliphatic heterocycles. The minimum atomic E-state index is -0.0727. The van der Waals surface area contributed by atoms with Gasteiger partial charge in [-0.05, 0) is 30.3 Å². The number of amides is 1. The molecule has 4 rings (SSSR count). The van der Waals surface area contributed by atoms with Crippen molar-refractivity contribution < 1.29 is 4.79 Å². The van der Waals surface area contributed by atoms with E-state index in [0.29, 0.717) is 28.7 Å². The molecule has 25 heavy (non-hydrogen) atoms. The average Bonchev–Trinajstić information content (AvgIpc) is 3.07. The first-order valence-electron chi connectivity index (χ1n) is 7.97. The monoisotopic (exact) mass is 391 g/mol. The molecule has 2 heterocycles. The molecule has 0 bridgehead atoms. The number of piperazine rings is 1. The van der Waals surface area contributed by atoms with Crippen molar-refractivity contribution in [3.05, 3.63) is 58.1 Å². The number of anilines is 1. The molecule has 128 valence electrons. The van der Waals surface area contributed by atoms with Crippen LogP contribution in [0.2, 0.25) is 10.0 Å². The van der Waals surface area contributed by atoms with E-state index >= 15 is 0 Å². The second-order valence-corrected chi connectivity index (χ2v) is 7.72. The van der Waals surface area contributed by atoms with Crippen LogP contribution in [0.15, 0.2) is 42.5 Å². The lowest BCUT2D eigenvalue weighted by atomic mass is 10.2. The Balaban J connectivity index is 1.47. The molecule has 0 radical (unpaired) electrons. The maximum atomic E-state index is 12.7. The molecule has 1 fully saturated rings. The van der Waals surface area contributed by atoms with Gasteiger partial charge in [0.2, 0.25) is 0 Å². The van der Waals surface area contributed by atoms with Crippen molar-refractivity contribution in [3.63, 3.8) is 0 Å². The van der Waals surface area contributed by atoms with Crippen molar-refractivity contribution in [2.75, 3.05) is 31.1 Å². The molecule has 1 amide bonds. The van der Waals surface area contributed by atoms with Crippen molar-refractivity contribution in [1.82, 2.24) is 9.88 Å². The summed E-state index contributed by atoms with van der Waals surface area (Å²) < 4.78 is 1.18. The highest BCUT2D eigenvalue weighted by molar-refractivity contribution is 7.22. The molecular formula is C18H15Cl2N3OS. The Morgan fingerprint density at radius 3 is 2.56 bits per heavy atom. The Morgan fingerprint density at radius 1 is 1.04 bits per heavy atom. The second kappa shape index (κ2) is 6.83. The van der Waals surface area contributed by atoms with E-state index in [1.807, 2.05) is 23.1 Å². The van der Waals surface area contributed by atoms with Crippen molar-refractivity contribution in [2.24, 2.45) is 0 Å². The van der Waals surface area contributed by atoms with Gasteiger partial charge in [0.15, 0.2) is 5.13 Å². The third-order valence-corrected chi connectivity index (χ3v) is 5.94. The van der Waals surface area contributed by atoms with E-state index in [1.165, 1.54) is 4.70 Å². The van der Waals surface area contributed by atoms with Crippen LogP contribution in [-0.2, 0) is 0 Å². The smallest absolute Gasteiger partial charge is 0.255 e. The zero-order chi connectivity index (χ0) is 17.4. The fourth-order valence-electron chi connectivity index (χ4n) is 2.93. The molecule has 7 heteroatoms. The lowest BCUT2D eigenvalue weighted by Gasteiger charge is -2.34. The maximum absolute atomic E-state index is 12.7. The molecule has 3 aromatic rings. The molecule has 4 nitrogen and oxygen atoms in total. The van der Waals surface area contributed by atoms with Gasteiger partial charge in [0.05, 0.1) is 20.8 Å². The molecule has 0 atom stereocenters. The van der Waals surface area contributed by atoms with Crippen LogP contribution in [0.5, 0.6) is 0 Å². The number of carbonyl (C=O) groups is 1. The molecule has 1 aliphatic rings. The van der Waals surface area contributed by atoms with E-state index in [0.717, 1.165) is 23.7 Å². The Morgan fingerprint density at radius 2 is 1.80 bits per heavy atom. The van der Waals surface area contributed by atoms with Crippen molar-refractivity contribution >= 4 is 55.8 Å². The molecule has 1 aromatic heterocycles. The summed E-state index contributed by atoms with van der Waals surface area (Å²) >= 11 is 13.8. The van der Waals surface area contributed by atoms with Crippen LogP contribution >= 0.6 is 34.5 Å². The highest BCUT2D eigenvalue weighted by atomic mass is 35.5. The molecule has 0 N–H and O–H groups in total. The van der Waals surface area contributed by atoms with Crippen molar-refractivity contribution in [3.8, 4) is 0 Å². The predicted molar refractivity (Wildman–Crippen MR) is 104 cm³/mol. The average molecular weight is 392 g/mol. The van der Waals surface area contributed by atoms with E-state index in [2.05, 4.69) is 11.0 Å². The lowest BCUT2D eigenvalue weighted by molar-refractivity contribution is 0.0747. The molecule has 0 unspecified atom stereocenters. The van der Waals surface area contributed by atoms with Gasteiger partial charge in [-0.1, -0.05) is 46.7 Å². The summed E-state index contributed by atoms with van der Waals surface area (Å²) in [4.78, 5) is 21.5. The number of carbonyl (C=O) groups excluding carboxylic acids is 1. The first-order valence-corrected chi connectivity index (χ1v) is 9.54. The first kappa shape index (κ1) is 16.6. The zero-order valence-corrected chi connectivity index (χ0v) is 15.6. The van der Waals surface area contributed by atoms with E-state index in [-0.39, 0.29) is 5.91 Å². The van der Waals surface area contributed by atoms with E-state index < -0.39 is 0 Å². The molecular weight excluding hydrogens is 377 g/mol. The number of thiazole rings is 1. The van der Waals surface area contributed by atoms with Gasteiger partial charge in [0.1, 0.15) is 0 Å².